The monoisotopic (exact) mass is 346 g/mol. The van der Waals surface area contributed by atoms with Gasteiger partial charge >= 0.3 is 11.8 Å². The first kappa shape index (κ1) is 17.8. The van der Waals surface area contributed by atoms with E-state index in [-0.39, 0.29) is 6.54 Å². The molecular weight excluding hydrogens is 328 g/mol. The van der Waals surface area contributed by atoms with Crippen molar-refractivity contribution in [2.24, 2.45) is 0 Å². The molecule has 0 atom stereocenters. The largest absolute Gasteiger partial charge is 0.494 e. The van der Waals surface area contributed by atoms with Crippen LogP contribution in [0, 0.1) is 0 Å². The van der Waals surface area contributed by atoms with Crippen molar-refractivity contribution in [1.29, 1.82) is 0 Å². The van der Waals surface area contributed by atoms with Crippen molar-refractivity contribution in [3.05, 3.63) is 59.1 Å². The summed E-state index contributed by atoms with van der Waals surface area (Å²) in [5, 5.41) is 5.62. The molecule has 0 fully saturated rings. The predicted octanol–water partition coefficient (Wildman–Crippen LogP) is 3.38. The molecule has 24 heavy (non-hydrogen) atoms. The summed E-state index contributed by atoms with van der Waals surface area (Å²) in [7, 11) is 0. The van der Waals surface area contributed by atoms with Gasteiger partial charge in [0.1, 0.15) is 5.75 Å². The molecule has 0 aliphatic rings. The number of ether oxygens (including phenoxy) is 1. The highest BCUT2D eigenvalue weighted by molar-refractivity contribution is 6.39. The Morgan fingerprint density at radius 2 is 1.75 bits per heavy atom. The predicted molar refractivity (Wildman–Crippen MR) is 94.2 cm³/mol. The van der Waals surface area contributed by atoms with E-state index in [0.29, 0.717) is 17.3 Å². The van der Waals surface area contributed by atoms with Gasteiger partial charge < -0.3 is 15.4 Å². The first-order valence-corrected chi connectivity index (χ1v) is 8.03. The molecule has 0 radical (unpaired) electrons. The zero-order valence-corrected chi connectivity index (χ0v) is 14.1. The van der Waals surface area contributed by atoms with Crippen LogP contribution in [0.5, 0.6) is 5.75 Å². The van der Waals surface area contributed by atoms with Crippen LogP contribution in [0.15, 0.2) is 48.5 Å². The number of amides is 2. The number of rotatable bonds is 6. The van der Waals surface area contributed by atoms with Crippen LogP contribution in [0.1, 0.15) is 18.9 Å². The summed E-state index contributed by atoms with van der Waals surface area (Å²) in [6.07, 6.45) is 0.921. The Morgan fingerprint density at radius 1 is 1.04 bits per heavy atom. The van der Waals surface area contributed by atoms with Gasteiger partial charge in [-0.15, -0.1) is 0 Å². The highest BCUT2D eigenvalue weighted by atomic mass is 35.5. The summed E-state index contributed by atoms with van der Waals surface area (Å²) in [5.41, 5.74) is 1.27. The highest BCUT2D eigenvalue weighted by Crippen LogP contribution is 2.16. The summed E-state index contributed by atoms with van der Waals surface area (Å²) in [6, 6.07) is 14.0. The summed E-state index contributed by atoms with van der Waals surface area (Å²) in [4.78, 5) is 23.7. The van der Waals surface area contributed by atoms with Crippen LogP contribution < -0.4 is 15.4 Å². The molecule has 0 heterocycles. The molecule has 0 aromatic heterocycles. The summed E-state index contributed by atoms with van der Waals surface area (Å²) in [5.74, 6) is -0.733. The smallest absolute Gasteiger partial charge is 0.313 e. The minimum absolute atomic E-state index is 0.190. The Kier molecular flexibility index (Phi) is 6.63. The molecule has 2 amide bonds. The Labute approximate surface area is 146 Å². The van der Waals surface area contributed by atoms with Crippen LogP contribution in [-0.4, -0.2) is 18.4 Å². The lowest BCUT2D eigenvalue weighted by Crippen LogP contribution is -2.35. The molecular formula is C18H19ClN2O3. The molecule has 0 aliphatic carbocycles. The van der Waals surface area contributed by atoms with Gasteiger partial charge in [-0.1, -0.05) is 36.7 Å². The molecule has 5 nitrogen and oxygen atoms in total. The molecule has 0 aliphatic heterocycles. The van der Waals surface area contributed by atoms with Crippen LogP contribution in [0.25, 0.3) is 0 Å². The fraction of sp³-hybridized carbons (Fsp3) is 0.222. The van der Waals surface area contributed by atoms with Gasteiger partial charge in [0.15, 0.2) is 0 Å². The van der Waals surface area contributed by atoms with Gasteiger partial charge in [-0.25, -0.2) is 0 Å². The number of carbonyl (C=O) groups excluding carboxylic acids is 2. The lowest BCUT2D eigenvalue weighted by molar-refractivity contribution is -0.136. The third-order valence-corrected chi connectivity index (χ3v) is 3.56. The molecule has 0 spiro atoms. The minimum atomic E-state index is -0.732. The molecule has 2 N–H and O–H groups in total. The third kappa shape index (κ3) is 5.28. The van der Waals surface area contributed by atoms with E-state index in [1.807, 2.05) is 13.0 Å². The second-order valence-corrected chi connectivity index (χ2v) is 5.51. The maximum Gasteiger partial charge on any atom is 0.313 e. The van der Waals surface area contributed by atoms with E-state index >= 15 is 0 Å². The van der Waals surface area contributed by atoms with Gasteiger partial charge in [-0.2, -0.15) is 0 Å². The number of hydrogen-bond donors (Lipinski definition) is 2. The van der Waals surface area contributed by atoms with E-state index in [1.165, 1.54) is 0 Å². The highest BCUT2D eigenvalue weighted by Gasteiger charge is 2.13. The summed E-state index contributed by atoms with van der Waals surface area (Å²) < 4.78 is 5.46. The average molecular weight is 347 g/mol. The molecule has 6 heteroatoms. The molecule has 126 valence electrons. The van der Waals surface area contributed by atoms with E-state index in [4.69, 9.17) is 16.3 Å². The fourth-order valence-electron chi connectivity index (χ4n) is 1.94. The summed E-state index contributed by atoms with van der Waals surface area (Å²) in [6.45, 7) is 2.85. The van der Waals surface area contributed by atoms with Crippen molar-refractivity contribution in [2.45, 2.75) is 19.9 Å². The molecule has 2 aromatic rings. The van der Waals surface area contributed by atoms with E-state index in [9.17, 15) is 9.59 Å². The Bertz CT molecular complexity index is 702. The second-order valence-electron chi connectivity index (χ2n) is 5.10. The van der Waals surface area contributed by atoms with Gasteiger partial charge in [0.2, 0.25) is 0 Å². The maximum absolute atomic E-state index is 11.9. The van der Waals surface area contributed by atoms with Crippen molar-refractivity contribution in [3.63, 3.8) is 0 Å². The van der Waals surface area contributed by atoms with Gasteiger partial charge in [-0.05, 0) is 42.3 Å². The average Bonchev–Trinajstić information content (AvgIpc) is 2.60. The number of halogens is 1. The number of nitrogens with one attached hydrogen (secondary N) is 2. The Balaban J connectivity index is 1.85. The summed E-state index contributed by atoms with van der Waals surface area (Å²) >= 11 is 6.00. The molecule has 0 saturated carbocycles. The molecule has 0 unspecified atom stereocenters. The lowest BCUT2D eigenvalue weighted by atomic mass is 10.2. The molecule has 2 aromatic carbocycles. The lowest BCUT2D eigenvalue weighted by Gasteiger charge is -2.09. The minimum Gasteiger partial charge on any atom is -0.494 e. The Morgan fingerprint density at radius 3 is 2.42 bits per heavy atom. The standard InChI is InChI=1S/C18H19ClN2O3/c1-2-11-24-15-9-7-14(8-10-15)21-18(23)17(22)20-12-13-5-3-4-6-16(13)19/h3-10H,2,11-12H2,1H3,(H,20,22)(H,21,23). The maximum atomic E-state index is 11.9. The first-order valence-electron chi connectivity index (χ1n) is 7.65. The van der Waals surface area contributed by atoms with E-state index in [2.05, 4.69) is 10.6 Å². The van der Waals surface area contributed by atoms with Crippen LogP contribution >= 0.6 is 11.6 Å². The zero-order valence-electron chi connectivity index (χ0n) is 13.3. The van der Waals surface area contributed by atoms with E-state index < -0.39 is 11.8 Å². The van der Waals surface area contributed by atoms with E-state index in [1.54, 1.807) is 42.5 Å². The van der Waals surface area contributed by atoms with Gasteiger partial charge in [0, 0.05) is 17.3 Å². The Hall–Kier alpha value is -2.53. The second kappa shape index (κ2) is 8.93. The molecule has 2 rings (SSSR count). The topological polar surface area (TPSA) is 67.4 Å². The van der Waals surface area contributed by atoms with Crippen LogP contribution in [0.4, 0.5) is 5.69 Å². The van der Waals surface area contributed by atoms with Gasteiger partial charge in [0.25, 0.3) is 0 Å². The number of anilines is 1. The van der Waals surface area contributed by atoms with Gasteiger partial charge in [0.05, 0.1) is 6.61 Å². The quantitative estimate of drug-likeness (QED) is 0.788. The number of carbonyl (C=O) groups is 2. The number of hydrogen-bond acceptors (Lipinski definition) is 3. The van der Waals surface area contributed by atoms with Crippen molar-refractivity contribution in [2.75, 3.05) is 11.9 Å². The van der Waals surface area contributed by atoms with Crippen LogP contribution in [0.3, 0.4) is 0 Å². The third-order valence-electron chi connectivity index (χ3n) is 3.19. The van der Waals surface area contributed by atoms with Crippen LogP contribution in [-0.2, 0) is 16.1 Å². The van der Waals surface area contributed by atoms with Crippen molar-refractivity contribution >= 4 is 29.1 Å². The SMILES string of the molecule is CCCOc1ccc(NC(=O)C(=O)NCc2ccccc2Cl)cc1. The number of benzene rings is 2. The van der Waals surface area contributed by atoms with Crippen molar-refractivity contribution in [1.82, 2.24) is 5.32 Å². The van der Waals surface area contributed by atoms with E-state index in [0.717, 1.165) is 17.7 Å². The molecule has 0 saturated heterocycles. The van der Waals surface area contributed by atoms with Crippen molar-refractivity contribution in [3.8, 4) is 5.75 Å². The fourth-order valence-corrected chi connectivity index (χ4v) is 2.14. The molecule has 0 bridgehead atoms. The normalized spacial score (nSPS) is 10.1. The first-order chi connectivity index (χ1) is 11.6. The van der Waals surface area contributed by atoms with Gasteiger partial charge in [-0.3, -0.25) is 9.59 Å². The van der Waals surface area contributed by atoms with Crippen molar-refractivity contribution < 1.29 is 14.3 Å². The van der Waals surface area contributed by atoms with Crippen LogP contribution in [0.2, 0.25) is 5.02 Å². The zero-order chi connectivity index (χ0) is 17.4.